The van der Waals surface area contributed by atoms with Gasteiger partial charge in [0.05, 0.1) is 5.92 Å². The van der Waals surface area contributed by atoms with Crippen molar-refractivity contribution in [1.29, 1.82) is 0 Å². The summed E-state index contributed by atoms with van der Waals surface area (Å²) in [5.41, 5.74) is 1.10. The summed E-state index contributed by atoms with van der Waals surface area (Å²) in [5, 5.41) is 0.727. The quantitative estimate of drug-likeness (QED) is 0.740. The summed E-state index contributed by atoms with van der Waals surface area (Å²) in [6, 6.07) is 7.82. The number of halogens is 1. The molecule has 2 aliphatic heterocycles. The maximum atomic E-state index is 12.9. The molecule has 0 saturated carbocycles. The van der Waals surface area contributed by atoms with Gasteiger partial charge in [-0.1, -0.05) is 17.7 Å². The molecule has 2 aliphatic rings. The van der Waals surface area contributed by atoms with E-state index in [0.29, 0.717) is 26.1 Å². The number of benzene rings is 1. The predicted molar refractivity (Wildman–Crippen MR) is 108 cm³/mol. The third-order valence-corrected chi connectivity index (χ3v) is 5.60. The molecule has 1 aromatic carbocycles. The van der Waals surface area contributed by atoms with Crippen LogP contribution in [0.15, 0.2) is 24.3 Å². The van der Waals surface area contributed by atoms with Gasteiger partial charge >= 0.3 is 0 Å². The first-order chi connectivity index (χ1) is 12.9. The van der Waals surface area contributed by atoms with Crippen LogP contribution in [0.3, 0.4) is 0 Å². The summed E-state index contributed by atoms with van der Waals surface area (Å²) in [7, 11) is 4.06. The van der Waals surface area contributed by atoms with Gasteiger partial charge in [0.1, 0.15) is 0 Å². The third-order valence-electron chi connectivity index (χ3n) is 5.36. The van der Waals surface area contributed by atoms with Crippen molar-refractivity contribution < 1.29 is 9.59 Å². The van der Waals surface area contributed by atoms with Crippen molar-refractivity contribution in [3.8, 4) is 0 Å². The van der Waals surface area contributed by atoms with Crippen molar-refractivity contribution in [3.05, 3.63) is 29.3 Å². The zero-order valence-corrected chi connectivity index (χ0v) is 17.0. The number of hydrogen-bond acceptors (Lipinski definition) is 4. The molecule has 2 amide bonds. The van der Waals surface area contributed by atoms with Crippen LogP contribution in [-0.4, -0.2) is 86.4 Å². The zero-order valence-electron chi connectivity index (χ0n) is 16.2. The van der Waals surface area contributed by atoms with E-state index in [1.165, 1.54) is 0 Å². The molecule has 0 spiro atoms. The lowest BCUT2D eigenvalue weighted by molar-refractivity contribution is -0.136. The topological polar surface area (TPSA) is 47.1 Å². The van der Waals surface area contributed by atoms with Crippen molar-refractivity contribution in [2.75, 3.05) is 64.8 Å². The summed E-state index contributed by atoms with van der Waals surface area (Å²) in [4.78, 5) is 33.2. The molecular formula is C20H29ClN4O2. The molecule has 0 aliphatic carbocycles. The van der Waals surface area contributed by atoms with Gasteiger partial charge in [-0.05, 0) is 45.3 Å². The number of amides is 2. The number of anilines is 1. The molecule has 1 atom stereocenters. The number of nitrogens with zero attached hydrogens (tertiary/aromatic N) is 4. The molecule has 2 saturated heterocycles. The second-order valence-corrected chi connectivity index (χ2v) is 8.13. The van der Waals surface area contributed by atoms with Crippen LogP contribution in [0.2, 0.25) is 5.02 Å². The SMILES string of the molecule is CN(C)CCCN1CC(C(=O)N2CCN(c3cccc(Cl)c3)CC2)CC1=O. The van der Waals surface area contributed by atoms with E-state index in [0.717, 1.165) is 43.3 Å². The second kappa shape index (κ2) is 8.93. The second-order valence-electron chi connectivity index (χ2n) is 7.69. The zero-order chi connectivity index (χ0) is 19.4. The van der Waals surface area contributed by atoms with Crippen molar-refractivity contribution >= 4 is 29.1 Å². The first-order valence-corrected chi connectivity index (χ1v) is 10.0. The predicted octanol–water partition coefficient (Wildman–Crippen LogP) is 1.79. The Bertz CT molecular complexity index is 674. The number of rotatable bonds is 6. The van der Waals surface area contributed by atoms with Crippen molar-refractivity contribution in [1.82, 2.24) is 14.7 Å². The molecule has 148 valence electrons. The van der Waals surface area contributed by atoms with E-state index in [9.17, 15) is 9.59 Å². The molecule has 0 bridgehead atoms. The first kappa shape index (κ1) is 20.0. The van der Waals surface area contributed by atoms with Gasteiger partial charge in [0.15, 0.2) is 0 Å². The van der Waals surface area contributed by atoms with E-state index in [4.69, 9.17) is 11.6 Å². The molecule has 0 aromatic heterocycles. The summed E-state index contributed by atoms with van der Waals surface area (Å²) in [5.74, 6) is 0.0587. The van der Waals surface area contributed by atoms with Crippen molar-refractivity contribution in [2.45, 2.75) is 12.8 Å². The smallest absolute Gasteiger partial charge is 0.228 e. The maximum Gasteiger partial charge on any atom is 0.228 e. The molecule has 27 heavy (non-hydrogen) atoms. The van der Waals surface area contributed by atoms with E-state index < -0.39 is 0 Å². The van der Waals surface area contributed by atoms with E-state index in [2.05, 4.69) is 9.80 Å². The van der Waals surface area contributed by atoms with Gasteiger partial charge in [-0.3, -0.25) is 9.59 Å². The molecule has 6 nitrogen and oxygen atoms in total. The summed E-state index contributed by atoms with van der Waals surface area (Å²) in [6.07, 6.45) is 1.30. The lowest BCUT2D eigenvalue weighted by Gasteiger charge is -2.37. The van der Waals surface area contributed by atoms with Crippen LogP contribution in [0.1, 0.15) is 12.8 Å². The van der Waals surface area contributed by atoms with E-state index in [-0.39, 0.29) is 17.7 Å². The summed E-state index contributed by atoms with van der Waals surface area (Å²) < 4.78 is 0. The molecule has 1 aromatic rings. The molecule has 0 radical (unpaired) electrons. The van der Waals surface area contributed by atoms with Crippen LogP contribution < -0.4 is 4.90 Å². The normalized spacial score (nSPS) is 20.7. The van der Waals surface area contributed by atoms with Crippen LogP contribution in [-0.2, 0) is 9.59 Å². The van der Waals surface area contributed by atoms with E-state index >= 15 is 0 Å². The Morgan fingerprint density at radius 1 is 1.22 bits per heavy atom. The van der Waals surface area contributed by atoms with E-state index in [1.54, 1.807) is 0 Å². The Balaban J connectivity index is 1.48. The molecular weight excluding hydrogens is 364 g/mol. The number of carbonyl (C=O) groups is 2. The number of hydrogen-bond donors (Lipinski definition) is 0. The van der Waals surface area contributed by atoms with Crippen molar-refractivity contribution in [3.63, 3.8) is 0 Å². The summed E-state index contributed by atoms with van der Waals surface area (Å²) in [6.45, 7) is 5.22. The Kier molecular flexibility index (Phi) is 6.60. The van der Waals surface area contributed by atoms with Crippen LogP contribution in [0.5, 0.6) is 0 Å². The van der Waals surface area contributed by atoms with Crippen LogP contribution >= 0.6 is 11.6 Å². The van der Waals surface area contributed by atoms with Gasteiger partial charge in [0.2, 0.25) is 11.8 Å². The Labute approximate surface area is 166 Å². The minimum Gasteiger partial charge on any atom is -0.368 e. The number of carbonyl (C=O) groups excluding carboxylic acids is 2. The molecule has 2 heterocycles. The Morgan fingerprint density at radius 2 is 1.96 bits per heavy atom. The minimum absolute atomic E-state index is 0.115. The highest BCUT2D eigenvalue weighted by atomic mass is 35.5. The monoisotopic (exact) mass is 392 g/mol. The fourth-order valence-corrected chi connectivity index (χ4v) is 4.03. The van der Waals surface area contributed by atoms with Crippen molar-refractivity contribution in [2.24, 2.45) is 5.92 Å². The highest BCUT2D eigenvalue weighted by Crippen LogP contribution is 2.24. The van der Waals surface area contributed by atoms with Gasteiger partial charge < -0.3 is 19.6 Å². The van der Waals surface area contributed by atoms with Gasteiger partial charge in [0.25, 0.3) is 0 Å². The van der Waals surface area contributed by atoms with Gasteiger partial charge in [0, 0.05) is 56.4 Å². The molecule has 2 fully saturated rings. The fraction of sp³-hybridized carbons (Fsp3) is 0.600. The average molecular weight is 393 g/mol. The minimum atomic E-state index is -0.186. The first-order valence-electron chi connectivity index (χ1n) is 9.66. The molecule has 7 heteroatoms. The Hall–Kier alpha value is -1.79. The van der Waals surface area contributed by atoms with Gasteiger partial charge in [-0.25, -0.2) is 0 Å². The standard InChI is InChI=1S/C20H29ClN4O2/c1-22(2)7-4-8-25-15-16(13-19(25)26)20(27)24-11-9-23(10-12-24)18-6-3-5-17(21)14-18/h3,5-6,14,16H,4,7-13,15H2,1-2H3. The lowest BCUT2D eigenvalue weighted by atomic mass is 10.1. The molecule has 3 rings (SSSR count). The van der Waals surface area contributed by atoms with E-state index in [1.807, 2.05) is 48.2 Å². The number of likely N-dealkylation sites (tertiary alicyclic amines) is 1. The molecule has 1 unspecified atom stereocenters. The summed E-state index contributed by atoms with van der Waals surface area (Å²) >= 11 is 6.08. The average Bonchev–Trinajstić information content (AvgIpc) is 3.02. The maximum absolute atomic E-state index is 12.9. The van der Waals surface area contributed by atoms with Gasteiger partial charge in [-0.15, -0.1) is 0 Å². The Morgan fingerprint density at radius 3 is 2.63 bits per heavy atom. The van der Waals surface area contributed by atoms with Crippen LogP contribution in [0, 0.1) is 5.92 Å². The highest BCUT2D eigenvalue weighted by Gasteiger charge is 2.37. The largest absolute Gasteiger partial charge is 0.368 e. The lowest BCUT2D eigenvalue weighted by Crippen LogP contribution is -2.50. The molecule has 0 N–H and O–H groups in total. The highest BCUT2D eigenvalue weighted by molar-refractivity contribution is 6.30. The number of piperazine rings is 1. The fourth-order valence-electron chi connectivity index (χ4n) is 3.85. The van der Waals surface area contributed by atoms with Crippen LogP contribution in [0.4, 0.5) is 5.69 Å². The van der Waals surface area contributed by atoms with Gasteiger partial charge in [-0.2, -0.15) is 0 Å². The van der Waals surface area contributed by atoms with Crippen LogP contribution in [0.25, 0.3) is 0 Å². The third kappa shape index (κ3) is 5.14.